The van der Waals surface area contributed by atoms with Crippen LogP contribution in [-0.2, 0) is 33.3 Å². The minimum absolute atomic E-state index is 0. The quantitative estimate of drug-likeness (QED) is 0.133. The number of allylic oxidation sites excluding steroid dienone is 2. The monoisotopic (exact) mass is 508 g/mol. The summed E-state index contributed by atoms with van der Waals surface area (Å²) >= 11 is 0. The predicted molar refractivity (Wildman–Crippen MR) is 132 cm³/mol. The van der Waals surface area contributed by atoms with Crippen molar-refractivity contribution in [1.82, 2.24) is 0 Å². The molecule has 0 fully saturated rings. The summed E-state index contributed by atoms with van der Waals surface area (Å²) in [6.07, 6.45) is 13.7. The van der Waals surface area contributed by atoms with Gasteiger partial charge in [-0.15, -0.1) is 0 Å². The Morgan fingerprint density at radius 1 is 0.677 bits per heavy atom. The molecule has 0 saturated heterocycles. The topological polar surface area (TPSA) is 25.3 Å². The molecular weight excluding hydrogens is 471 g/mol. The van der Waals surface area contributed by atoms with Crippen LogP contribution in [0.15, 0.2) is 60.7 Å². The van der Waals surface area contributed by atoms with E-state index < -0.39 is 0 Å². The van der Waals surface area contributed by atoms with Gasteiger partial charge in [0.05, 0.1) is 0 Å². The van der Waals surface area contributed by atoms with Crippen molar-refractivity contribution in [3.63, 3.8) is 0 Å². The molecule has 0 aromatic heterocycles. The van der Waals surface area contributed by atoms with E-state index in [1.54, 1.807) is 0 Å². The summed E-state index contributed by atoms with van der Waals surface area (Å²) in [5.41, 5.74) is 17.3. The number of nitrogens with zero attached hydrogens (tertiary/aromatic N) is 2. The second kappa shape index (κ2) is 15.1. The Bertz CT molecular complexity index is 863. The van der Waals surface area contributed by atoms with Crippen LogP contribution >= 0.6 is 0 Å². The third-order valence-electron chi connectivity index (χ3n) is 5.47. The molecule has 0 atom stereocenters. The molecule has 2 aromatic rings. The molecule has 1 aliphatic rings. The van der Waals surface area contributed by atoms with E-state index in [1.165, 1.54) is 54.3 Å². The zero-order valence-electron chi connectivity index (χ0n) is 19.6. The maximum Gasteiger partial charge on any atom is 2.00 e. The zero-order valence-corrected chi connectivity index (χ0v) is 21.2. The van der Waals surface area contributed by atoms with Crippen LogP contribution in [0.5, 0.6) is 0 Å². The fraction of sp³-hybridized carbons (Fsp3) is 0.357. The van der Waals surface area contributed by atoms with E-state index in [0.29, 0.717) is 0 Å². The molecule has 3 rings (SSSR count). The normalized spacial score (nSPS) is 12.3. The van der Waals surface area contributed by atoms with Gasteiger partial charge in [0.15, 0.2) is 0 Å². The summed E-state index contributed by atoms with van der Waals surface area (Å²) in [4.78, 5) is 0. The first-order chi connectivity index (χ1) is 13.7. The Morgan fingerprint density at radius 2 is 1.23 bits per heavy atom. The first-order valence-corrected chi connectivity index (χ1v) is 10.8. The van der Waals surface area contributed by atoms with Gasteiger partial charge < -0.3 is 20.4 Å². The maximum absolute atomic E-state index is 10.8. The van der Waals surface area contributed by atoms with E-state index in [1.807, 2.05) is 12.2 Å². The predicted octanol–water partition coefficient (Wildman–Crippen LogP) is 8.48. The van der Waals surface area contributed by atoms with Gasteiger partial charge in [-0.1, -0.05) is 63.8 Å². The molecule has 2 nitrogen and oxygen atoms in total. The van der Waals surface area contributed by atoms with E-state index in [-0.39, 0.29) is 35.3 Å². The van der Waals surface area contributed by atoms with Crippen LogP contribution in [-0.4, -0.2) is 4.70 Å². The van der Waals surface area contributed by atoms with Gasteiger partial charge in [-0.2, -0.15) is 0 Å². The van der Waals surface area contributed by atoms with E-state index in [0.717, 1.165) is 35.4 Å². The van der Waals surface area contributed by atoms with Crippen LogP contribution in [0.4, 0.5) is 0 Å². The molecule has 170 valence electrons. The fourth-order valence-electron chi connectivity index (χ4n) is 3.75. The molecule has 0 amide bonds. The molecule has 0 unspecified atom stereocenters. The number of hydrogen-bond donors (Lipinski definition) is 0. The largest absolute Gasteiger partial charge is 2.00 e. The van der Waals surface area contributed by atoms with Crippen LogP contribution < -0.4 is 0 Å². The van der Waals surface area contributed by atoms with E-state index in [9.17, 15) is 5.53 Å². The van der Waals surface area contributed by atoms with Crippen LogP contribution in [0, 0.1) is 14.9 Å². The molecule has 0 aliphatic carbocycles. The first-order valence-electron chi connectivity index (χ1n) is 10.8. The fourth-order valence-corrected chi connectivity index (χ4v) is 3.75. The van der Waals surface area contributed by atoms with Crippen molar-refractivity contribution in [3.8, 4) is 0 Å². The van der Waals surface area contributed by atoms with Crippen molar-refractivity contribution in [1.29, 1.82) is 0 Å². The summed E-state index contributed by atoms with van der Waals surface area (Å²) in [5.74, 6) is 0. The Kier molecular flexibility index (Phi) is 14.2. The zero-order chi connectivity index (χ0) is 19.8. The third kappa shape index (κ3) is 7.99. The summed E-state index contributed by atoms with van der Waals surface area (Å²) in [6.45, 7) is 4.46. The van der Waals surface area contributed by atoms with Crippen molar-refractivity contribution < 1.29 is 25.1 Å². The van der Waals surface area contributed by atoms with Gasteiger partial charge in [0.1, 0.15) is 0 Å². The molecule has 0 spiro atoms. The molecule has 1 heterocycles. The van der Waals surface area contributed by atoms with Gasteiger partial charge >= 0.3 is 20.4 Å². The Hall–Kier alpha value is -1.82. The third-order valence-corrected chi connectivity index (χ3v) is 5.47. The Morgan fingerprint density at radius 3 is 1.81 bits per heavy atom. The van der Waals surface area contributed by atoms with Gasteiger partial charge in [0.25, 0.3) is 0 Å². The standard InChI is InChI=1S/C26H32N2.2CH3.Pd/c1-3-5-7-10-21-14-16-23(17-15-21)25-18-19-26(28(25)27)24-13-9-12-22(20-24)11-8-6-4-2;;;/h9,12-20H,3-8,10-11H2,1-2H3;2*1H3;/q;2*-1;+2. The van der Waals surface area contributed by atoms with Crippen molar-refractivity contribution in [2.45, 2.75) is 65.2 Å². The van der Waals surface area contributed by atoms with Gasteiger partial charge in [0, 0.05) is 23.3 Å². The van der Waals surface area contributed by atoms with Crippen LogP contribution in [0.1, 0.15) is 74.6 Å². The molecule has 2 aromatic carbocycles. The van der Waals surface area contributed by atoms with Crippen LogP contribution in [0.3, 0.4) is 0 Å². The van der Waals surface area contributed by atoms with Gasteiger partial charge in [-0.3, -0.25) is 0 Å². The van der Waals surface area contributed by atoms with E-state index in [4.69, 9.17) is 0 Å². The van der Waals surface area contributed by atoms with Crippen molar-refractivity contribution in [2.24, 2.45) is 0 Å². The van der Waals surface area contributed by atoms with E-state index in [2.05, 4.69) is 62.4 Å². The van der Waals surface area contributed by atoms with E-state index >= 15 is 0 Å². The molecule has 1 aliphatic heterocycles. The van der Waals surface area contributed by atoms with Gasteiger partial charge in [-0.05, 0) is 61.1 Å². The molecule has 0 saturated carbocycles. The number of hydrogen-bond acceptors (Lipinski definition) is 0. The molecule has 0 radical (unpaired) electrons. The summed E-state index contributed by atoms with van der Waals surface area (Å²) in [5, 5.41) is 0. The Labute approximate surface area is 204 Å². The number of rotatable bonds is 10. The molecule has 31 heavy (non-hydrogen) atoms. The Balaban J connectivity index is 0.00000300. The molecule has 0 bridgehead atoms. The molecule has 0 N–H and O–H groups in total. The van der Waals surface area contributed by atoms with Crippen LogP contribution in [0.2, 0.25) is 0 Å². The smallest absolute Gasteiger partial charge is 0.493 e. The van der Waals surface area contributed by atoms with Crippen molar-refractivity contribution >= 4 is 11.4 Å². The summed E-state index contributed by atoms with van der Waals surface area (Å²) < 4.78 is 1.33. The second-order valence-electron chi connectivity index (χ2n) is 7.73. The summed E-state index contributed by atoms with van der Waals surface area (Å²) in [7, 11) is 0. The maximum atomic E-state index is 10.8. The SMILES string of the molecule is CCCCCc1ccc(C2=CC=C(c3cccc(CCCCC)c3)[N+]2=[N-])cc1.[CH3-].[CH3-].[Pd+2]. The number of benzene rings is 2. The minimum atomic E-state index is 0. The molecular formula is C28H38N2Pd. The average molecular weight is 509 g/mol. The van der Waals surface area contributed by atoms with Gasteiger partial charge in [0.2, 0.25) is 11.4 Å². The second-order valence-corrected chi connectivity index (χ2v) is 7.73. The number of aryl methyl sites for hydroxylation is 2. The molecule has 3 heteroatoms. The van der Waals surface area contributed by atoms with Crippen molar-refractivity contribution in [2.75, 3.05) is 0 Å². The van der Waals surface area contributed by atoms with Crippen molar-refractivity contribution in [3.05, 3.63) is 103 Å². The van der Waals surface area contributed by atoms with Crippen LogP contribution in [0.25, 0.3) is 16.9 Å². The average Bonchev–Trinajstić information content (AvgIpc) is 3.11. The van der Waals surface area contributed by atoms with Gasteiger partial charge in [-0.25, -0.2) is 4.70 Å². The first kappa shape index (κ1) is 29.2. The summed E-state index contributed by atoms with van der Waals surface area (Å²) in [6, 6.07) is 17.2. The number of unbranched alkanes of at least 4 members (excludes halogenated alkanes) is 4. The minimum Gasteiger partial charge on any atom is -0.493 e.